The molecule has 0 saturated carbocycles. The molecular formula is C12H19NO3. The lowest BCUT2D eigenvalue weighted by molar-refractivity contribution is -0.140. The molecule has 16 heavy (non-hydrogen) atoms. The van der Waals surface area contributed by atoms with Crippen LogP contribution >= 0.6 is 0 Å². The minimum Gasteiger partial charge on any atom is -0.492 e. The van der Waals surface area contributed by atoms with Crippen molar-refractivity contribution in [2.24, 2.45) is 5.73 Å². The maximum absolute atomic E-state index is 9.82. The number of esters is 1. The summed E-state index contributed by atoms with van der Waals surface area (Å²) in [6.45, 7) is 4.80. The molecule has 1 aromatic rings. The van der Waals surface area contributed by atoms with E-state index in [1.807, 2.05) is 30.3 Å². The highest BCUT2D eigenvalue weighted by molar-refractivity contribution is 5.65. The summed E-state index contributed by atoms with van der Waals surface area (Å²) in [5, 5.41) is 0. The Hall–Kier alpha value is -1.55. The average Bonchev–Trinajstić information content (AvgIpc) is 2.28. The molecule has 0 radical (unpaired) electrons. The molecule has 0 amide bonds. The van der Waals surface area contributed by atoms with E-state index in [4.69, 9.17) is 10.5 Å². The molecule has 0 unspecified atom stereocenters. The molecule has 4 nitrogen and oxygen atoms in total. The standard InChI is InChI=1S/C8H11NO.C4H8O2/c9-6-7-10-8-4-2-1-3-5-8;1-3-6-4(2)5/h1-5H,6-7,9H2;3H2,1-2H3. The van der Waals surface area contributed by atoms with Gasteiger partial charge in [-0.2, -0.15) is 0 Å². The number of carbonyl (C=O) groups excluding carboxylic acids is 1. The Morgan fingerprint density at radius 1 is 1.31 bits per heavy atom. The van der Waals surface area contributed by atoms with Crippen LogP contribution in [0.25, 0.3) is 0 Å². The Morgan fingerprint density at radius 2 is 1.94 bits per heavy atom. The van der Waals surface area contributed by atoms with Crippen molar-refractivity contribution < 1.29 is 14.3 Å². The lowest BCUT2D eigenvalue weighted by Gasteiger charge is -2.01. The molecule has 0 spiro atoms. The topological polar surface area (TPSA) is 61.5 Å². The summed E-state index contributed by atoms with van der Waals surface area (Å²) in [5.41, 5.74) is 5.25. The van der Waals surface area contributed by atoms with E-state index in [-0.39, 0.29) is 5.97 Å². The SMILES string of the molecule is CCOC(C)=O.NCCOc1ccccc1. The van der Waals surface area contributed by atoms with Gasteiger partial charge >= 0.3 is 5.97 Å². The third kappa shape index (κ3) is 9.02. The first kappa shape index (κ1) is 14.5. The van der Waals surface area contributed by atoms with Gasteiger partial charge < -0.3 is 15.2 Å². The highest BCUT2D eigenvalue weighted by atomic mass is 16.5. The average molecular weight is 225 g/mol. The Kier molecular flexibility index (Phi) is 9.02. The van der Waals surface area contributed by atoms with Crippen LogP contribution < -0.4 is 10.5 Å². The summed E-state index contributed by atoms with van der Waals surface area (Å²) < 4.78 is 9.63. The van der Waals surface area contributed by atoms with Gasteiger partial charge in [0.05, 0.1) is 6.61 Å². The summed E-state index contributed by atoms with van der Waals surface area (Å²) in [6, 6.07) is 9.65. The molecule has 0 aliphatic rings. The molecule has 1 rings (SSSR count). The fraction of sp³-hybridized carbons (Fsp3) is 0.417. The fourth-order valence-electron chi connectivity index (χ4n) is 0.897. The zero-order valence-corrected chi connectivity index (χ0v) is 9.81. The number of carbonyl (C=O) groups is 1. The van der Waals surface area contributed by atoms with Crippen molar-refractivity contribution in [2.45, 2.75) is 13.8 Å². The Morgan fingerprint density at radius 3 is 2.31 bits per heavy atom. The largest absolute Gasteiger partial charge is 0.492 e. The zero-order chi connectivity index (χ0) is 12.2. The number of hydrogen-bond acceptors (Lipinski definition) is 4. The lowest BCUT2D eigenvalue weighted by atomic mass is 10.3. The summed E-state index contributed by atoms with van der Waals surface area (Å²) in [7, 11) is 0. The molecule has 0 aliphatic heterocycles. The highest BCUT2D eigenvalue weighted by Crippen LogP contribution is 2.06. The summed E-state index contributed by atoms with van der Waals surface area (Å²) in [6.07, 6.45) is 0. The molecule has 0 bridgehead atoms. The van der Waals surface area contributed by atoms with Crippen molar-refractivity contribution in [3.63, 3.8) is 0 Å². The van der Waals surface area contributed by atoms with E-state index in [1.165, 1.54) is 6.92 Å². The van der Waals surface area contributed by atoms with Crippen molar-refractivity contribution in [3.8, 4) is 5.75 Å². The third-order valence-corrected chi connectivity index (χ3v) is 1.48. The molecule has 0 aromatic heterocycles. The molecule has 0 atom stereocenters. The van der Waals surface area contributed by atoms with E-state index in [1.54, 1.807) is 6.92 Å². The molecule has 0 fully saturated rings. The van der Waals surface area contributed by atoms with Crippen molar-refractivity contribution in [1.29, 1.82) is 0 Å². The molecule has 1 aromatic carbocycles. The second-order valence-corrected chi connectivity index (χ2v) is 2.87. The second-order valence-electron chi connectivity index (χ2n) is 2.87. The lowest BCUT2D eigenvalue weighted by Crippen LogP contribution is -2.10. The van der Waals surface area contributed by atoms with Gasteiger partial charge in [0.1, 0.15) is 12.4 Å². The predicted octanol–water partition coefficient (Wildman–Crippen LogP) is 1.59. The van der Waals surface area contributed by atoms with Crippen LogP contribution in [0.5, 0.6) is 5.75 Å². The maximum atomic E-state index is 9.82. The van der Waals surface area contributed by atoms with Gasteiger partial charge in [0, 0.05) is 13.5 Å². The van der Waals surface area contributed by atoms with Crippen LogP contribution in [0.4, 0.5) is 0 Å². The van der Waals surface area contributed by atoms with Crippen molar-refractivity contribution >= 4 is 5.97 Å². The Balaban J connectivity index is 0.000000325. The number of nitrogens with two attached hydrogens (primary N) is 1. The van der Waals surface area contributed by atoms with Gasteiger partial charge in [-0.1, -0.05) is 18.2 Å². The van der Waals surface area contributed by atoms with Gasteiger partial charge in [0.15, 0.2) is 0 Å². The fourth-order valence-corrected chi connectivity index (χ4v) is 0.897. The van der Waals surface area contributed by atoms with Gasteiger partial charge in [0.25, 0.3) is 0 Å². The minimum absolute atomic E-state index is 0.211. The smallest absolute Gasteiger partial charge is 0.302 e. The number of ether oxygens (including phenoxy) is 2. The third-order valence-electron chi connectivity index (χ3n) is 1.48. The molecule has 90 valence electrons. The molecule has 0 aliphatic carbocycles. The molecule has 0 saturated heterocycles. The van der Waals surface area contributed by atoms with Crippen LogP contribution in [0.3, 0.4) is 0 Å². The van der Waals surface area contributed by atoms with Crippen LogP contribution in [0.15, 0.2) is 30.3 Å². The number of rotatable bonds is 4. The Labute approximate surface area is 96.4 Å². The van der Waals surface area contributed by atoms with Crippen molar-refractivity contribution in [3.05, 3.63) is 30.3 Å². The normalized spacial score (nSPS) is 8.69. The number of benzene rings is 1. The van der Waals surface area contributed by atoms with Crippen LogP contribution in [0.1, 0.15) is 13.8 Å². The maximum Gasteiger partial charge on any atom is 0.302 e. The quantitative estimate of drug-likeness (QED) is 0.790. The zero-order valence-electron chi connectivity index (χ0n) is 9.81. The van der Waals surface area contributed by atoms with E-state index in [0.717, 1.165) is 5.75 Å². The van der Waals surface area contributed by atoms with Crippen LogP contribution in [-0.2, 0) is 9.53 Å². The van der Waals surface area contributed by atoms with Gasteiger partial charge in [-0.15, -0.1) is 0 Å². The van der Waals surface area contributed by atoms with Gasteiger partial charge in [-0.3, -0.25) is 4.79 Å². The monoisotopic (exact) mass is 225 g/mol. The van der Waals surface area contributed by atoms with E-state index in [9.17, 15) is 4.79 Å². The Bertz CT molecular complexity index is 275. The highest BCUT2D eigenvalue weighted by Gasteiger charge is 1.86. The number of hydrogen-bond donors (Lipinski definition) is 1. The predicted molar refractivity (Wildman–Crippen MR) is 63.3 cm³/mol. The first-order valence-electron chi connectivity index (χ1n) is 5.22. The van der Waals surface area contributed by atoms with Gasteiger partial charge in [0.2, 0.25) is 0 Å². The van der Waals surface area contributed by atoms with Crippen molar-refractivity contribution in [2.75, 3.05) is 19.8 Å². The summed E-state index contributed by atoms with van der Waals surface area (Å²) in [4.78, 5) is 9.82. The van der Waals surface area contributed by atoms with Crippen LogP contribution in [0.2, 0.25) is 0 Å². The molecule has 4 heteroatoms. The molecule has 0 heterocycles. The summed E-state index contributed by atoms with van der Waals surface area (Å²) in [5.74, 6) is 0.672. The summed E-state index contributed by atoms with van der Waals surface area (Å²) >= 11 is 0. The first-order valence-corrected chi connectivity index (χ1v) is 5.22. The number of para-hydroxylation sites is 1. The van der Waals surface area contributed by atoms with E-state index < -0.39 is 0 Å². The van der Waals surface area contributed by atoms with Crippen LogP contribution in [0, 0.1) is 0 Å². The molecule has 2 N–H and O–H groups in total. The molecular weight excluding hydrogens is 206 g/mol. The van der Waals surface area contributed by atoms with E-state index >= 15 is 0 Å². The second kappa shape index (κ2) is 9.98. The first-order chi connectivity index (χ1) is 7.70. The van der Waals surface area contributed by atoms with Gasteiger partial charge in [-0.05, 0) is 19.1 Å². The van der Waals surface area contributed by atoms with Crippen LogP contribution in [-0.4, -0.2) is 25.7 Å². The van der Waals surface area contributed by atoms with Gasteiger partial charge in [-0.25, -0.2) is 0 Å². The minimum atomic E-state index is -0.211. The van der Waals surface area contributed by atoms with E-state index in [2.05, 4.69) is 4.74 Å². The van der Waals surface area contributed by atoms with E-state index in [0.29, 0.717) is 19.8 Å². The van der Waals surface area contributed by atoms with Crippen molar-refractivity contribution in [1.82, 2.24) is 0 Å².